The SMILES string of the molecule is O=C(N[C@H](c1ccc(Cl)cc1)c1cccs1)c1cn[nH]n1. The molecule has 2 N–H and O–H groups in total. The molecule has 1 aromatic carbocycles. The Bertz CT molecular complexity index is 710. The minimum absolute atomic E-state index is 0.244. The van der Waals surface area contributed by atoms with Crippen molar-refractivity contribution in [2.24, 2.45) is 0 Å². The van der Waals surface area contributed by atoms with Crippen LogP contribution in [0.25, 0.3) is 0 Å². The smallest absolute Gasteiger partial charge is 0.274 e. The van der Waals surface area contributed by atoms with E-state index in [1.807, 2.05) is 29.6 Å². The van der Waals surface area contributed by atoms with Crippen LogP contribution in [0.4, 0.5) is 0 Å². The highest BCUT2D eigenvalue weighted by molar-refractivity contribution is 7.10. The Balaban J connectivity index is 1.90. The number of carbonyl (C=O) groups excluding carboxylic acids is 1. The molecule has 2 heterocycles. The van der Waals surface area contributed by atoms with Gasteiger partial charge in [0, 0.05) is 9.90 Å². The van der Waals surface area contributed by atoms with E-state index < -0.39 is 0 Å². The van der Waals surface area contributed by atoms with Crippen LogP contribution < -0.4 is 5.32 Å². The molecule has 0 unspecified atom stereocenters. The Morgan fingerprint density at radius 3 is 2.71 bits per heavy atom. The van der Waals surface area contributed by atoms with Crippen molar-refractivity contribution < 1.29 is 4.79 Å². The Kier molecular flexibility index (Phi) is 3.98. The van der Waals surface area contributed by atoms with Gasteiger partial charge in [0.15, 0.2) is 5.69 Å². The standard InChI is InChI=1S/C14H11ClN4OS/c15-10-5-3-9(4-6-10)13(12-2-1-7-21-12)17-14(20)11-8-16-19-18-11/h1-8,13H,(H,17,20)(H,16,18,19)/t13-/m1/s1. The minimum Gasteiger partial charge on any atom is -0.339 e. The molecular formula is C14H11ClN4OS. The number of nitrogens with one attached hydrogen (secondary N) is 2. The summed E-state index contributed by atoms with van der Waals surface area (Å²) in [4.78, 5) is 13.2. The first-order chi connectivity index (χ1) is 10.2. The van der Waals surface area contributed by atoms with Gasteiger partial charge >= 0.3 is 0 Å². The highest BCUT2D eigenvalue weighted by Gasteiger charge is 2.19. The second-order valence-electron chi connectivity index (χ2n) is 4.33. The average molecular weight is 319 g/mol. The molecule has 3 aromatic rings. The average Bonchev–Trinajstić information content (AvgIpc) is 3.19. The molecule has 0 spiro atoms. The van der Waals surface area contributed by atoms with Gasteiger partial charge in [-0.15, -0.1) is 11.3 Å². The fourth-order valence-corrected chi connectivity index (χ4v) is 2.87. The molecule has 1 atom stereocenters. The number of aromatic amines is 1. The number of aromatic nitrogens is 3. The van der Waals surface area contributed by atoms with E-state index in [2.05, 4.69) is 20.7 Å². The van der Waals surface area contributed by atoms with E-state index in [9.17, 15) is 4.79 Å². The third-order valence-electron chi connectivity index (χ3n) is 2.95. The lowest BCUT2D eigenvalue weighted by Crippen LogP contribution is -2.29. The van der Waals surface area contributed by atoms with Crippen LogP contribution >= 0.6 is 22.9 Å². The van der Waals surface area contributed by atoms with E-state index in [-0.39, 0.29) is 17.6 Å². The highest BCUT2D eigenvalue weighted by atomic mass is 35.5. The van der Waals surface area contributed by atoms with Crippen molar-refractivity contribution in [3.8, 4) is 0 Å². The number of hydrogen-bond donors (Lipinski definition) is 2. The third kappa shape index (κ3) is 3.12. The van der Waals surface area contributed by atoms with Crippen LogP contribution in [0.3, 0.4) is 0 Å². The van der Waals surface area contributed by atoms with Crippen LogP contribution in [-0.4, -0.2) is 21.3 Å². The lowest BCUT2D eigenvalue weighted by molar-refractivity contribution is 0.0938. The number of nitrogens with zero attached hydrogens (tertiary/aromatic N) is 2. The summed E-state index contributed by atoms with van der Waals surface area (Å²) in [7, 11) is 0. The summed E-state index contributed by atoms with van der Waals surface area (Å²) in [5, 5.41) is 15.5. The number of amides is 1. The third-order valence-corrected chi connectivity index (χ3v) is 4.14. The maximum Gasteiger partial charge on any atom is 0.274 e. The van der Waals surface area contributed by atoms with E-state index in [1.165, 1.54) is 6.20 Å². The molecule has 106 valence electrons. The number of thiophene rings is 1. The number of H-pyrrole nitrogens is 1. The first kappa shape index (κ1) is 13.8. The van der Waals surface area contributed by atoms with Gasteiger partial charge in [-0.3, -0.25) is 4.79 Å². The van der Waals surface area contributed by atoms with Crippen LogP contribution in [0.1, 0.15) is 27.0 Å². The summed E-state index contributed by atoms with van der Waals surface area (Å²) in [5.74, 6) is -0.280. The normalized spacial score (nSPS) is 12.0. The largest absolute Gasteiger partial charge is 0.339 e. The van der Waals surface area contributed by atoms with E-state index in [1.54, 1.807) is 23.5 Å². The van der Waals surface area contributed by atoms with Crippen LogP contribution in [0.15, 0.2) is 48.0 Å². The summed E-state index contributed by atoms with van der Waals surface area (Å²) in [6.07, 6.45) is 1.39. The molecule has 21 heavy (non-hydrogen) atoms. The summed E-state index contributed by atoms with van der Waals surface area (Å²) < 4.78 is 0. The number of hydrogen-bond acceptors (Lipinski definition) is 4. The quantitative estimate of drug-likeness (QED) is 0.776. The molecule has 1 amide bonds. The molecule has 0 radical (unpaired) electrons. The Hall–Kier alpha value is -2.18. The topological polar surface area (TPSA) is 70.7 Å². The van der Waals surface area contributed by atoms with Crippen molar-refractivity contribution in [2.75, 3.05) is 0 Å². The van der Waals surface area contributed by atoms with Crippen LogP contribution in [0.5, 0.6) is 0 Å². The molecule has 0 aliphatic heterocycles. The summed E-state index contributed by atoms with van der Waals surface area (Å²) in [6.45, 7) is 0. The van der Waals surface area contributed by atoms with Gasteiger partial charge < -0.3 is 5.32 Å². The molecule has 5 nitrogen and oxygen atoms in total. The van der Waals surface area contributed by atoms with Gasteiger partial charge in [-0.05, 0) is 29.1 Å². The first-order valence-corrected chi connectivity index (χ1v) is 7.45. The monoisotopic (exact) mass is 318 g/mol. The van der Waals surface area contributed by atoms with Crippen molar-refractivity contribution in [3.63, 3.8) is 0 Å². The van der Waals surface area contributed by atoms with Gasteiger partial charge in [0.2, 0.25) is 0 Å². The van der Waals surface area contributed by atoms with E-state index in [4.69, 9.17) is 11.6 Å². The Morgan fingerprint density at radius 1 is 1.29 bits per heavy atom. The molecule has 3 rings (SSSR count). The summed E-state index contributed by atoms with van der Waals surface area (Å²) in [5.41, 5.74) is 1.21. The molecular weight excluding hydrogens is 308 g/mol. The van der Waals surface area contributed by atoms with Crippen molar-refractivity contribution in [3.05, 3.63) is 69.1 Å². The second-order valence-corrected chi connectivity index (χ2v) is 5.74. The van der Waals surface area contributed by atoms with Crippen LogP contribution in [0.2, 0.25) is 5.02 Å². The van der Waals surface area contributed by atoms with Gasteiger partial charge in [0.25, 0.3) is 5.91 Å². The van der Waals surface area contributed by atoms with Crippen LogP contribution in [0, 0.1) is 0 Å². The zero-order valence-corrected chi connectivity index (χ0v) is 12.4. The zero-order chi connectivity index (χ0) is 14.7. The van der Waals surface area contributed by atoms with Crippen LogP contribution in [-0.2, 0) is 0 Å². The second kappa shape index (κ2) is 6.07. The molecule has 0 aliphatic carbocycles. The first-order valence-electron chi connectivity index (χ1n) is 6.19. The Morgan fingerprint density at radius 2 is 2.10 bits per heavy atom. The maximum atomic E-state index is 12.2. The summed E-state index contributed by atoms with van der Waals surface area (Å²) in [6, 6.07) is 11.1. The maximum absolute atomic E-state index is 12.2. The molecule has 0 aliphatic rings. The fraction of sp³-hybridized carbons (Fsp3) is 0.0714. The molecule has 7 heteroatoms. The van der Waals surface area contributed by atoms with Gasteiger partial charge in [-0.25, -0.2) is 0 Å². The minimum atomic E-state index is -0.280. The number of carbonyl (C=O) groups is 1. The lowest BCUT2D eigenvalue weighted by atomic mass is 10.1. The zero-order valence-electron chi connectivity index (χ0n) is 10.8. The fourth-order valence-electron chi connectivity index (χ4n) is 1.95. The molecule has 0 fully saturated rings. The van der Waals surface area contributed by atoms with E-state index >= 15 is 0 Å². The number of rotatable bonds is 4. The highest BCUT2D eigenvalue weighted by Crippen LogP contribution is 2.27. The Labute approximate surface area is 130 Å². The van der Waals surface area contributed by atoms with Crippen molar-refractivity contribution in [2.45, 2.75) is 6.04 Å². The van der Waals surface area contributed by atoms with Gasteiger partial charge in [0.1, 0.15) is 0 Å². The number of benzene rings is 1. The molecule has 0 saturated heterocycles. The predicted molar refractivity (Wildman–Crippen MR) is 81.5 cm³/mol. The summed E-state index contributed by atoms with van der Waals surface area (Å²) >= 11 is 7.50. The predicted octanol–water partition coefficient (Wildman–Crippen LogP) is 3.04. The lowest BCUT2D eigenvalue weighted by Gasteiger charge is -2.17. The van der Waals surface area contributed by atoms with Gasteiger partial charge in [-0.2, -0.15) is 15.4 Å². The molecule has 0 bridgehead atoms. The van der Waals surface area contributed by atoms with E-state index in [0.29, 0.717) is 5.02 Å². The van der Waals surface area contributed by atoms with Gasteiger partial charge in [-0.1, -0.05) is 29.8 Å². The van der Waals surface area contributed by atoms with Crippen molar-refractivity contribution in [1.82, 2.24) is 20.7 Å². The molecule has 2 aromatic heterocycles. The molecule has 0 saturated carbocycles. The number of halogens is 1. The van der Waals surface area contributed by atoms with Gasteiger partial charge in [0.05, 0.1) is 12.2 Å². The van der Waals surface area contributed by atoms with Crippen molar-refractivity contribution >= 4 is 28.8 Å². The van der Waals surface area contributed by atoms with Crippen molar-refractivity contribution in [1.29, 1.82) is 0 Å². The van der Waals surface area contributed by atoms with E-state index in [0.717, 1.165) is 10.4 Å².